The van der Waals surface area contributed by atoms with E-state index in [2.05, 4.69) is 5.32 Å². The summed E-state index contributed by atoms with van der Waals surface area (Å²) < 4.78 is 6.87. The van der Waals surface area contributed by atoms with Gasteiger partial charge in [-0.25, -0.2) is 0 Å². The highest BCUT2D eigenvalue weighted by molar-refractivity contribution is 5.93. The van der Waals surface area contributed by atoms with Crippen LogP contribution < -0.4 is 11.1 Å². The summed E-state index contributed by atoms with van der Waals surface area (Å²) in [5.74, 6) is -0.110. The molecule has 0 bridgehead atoms. The summed E-state index contributed by atoms with van der Waals surface area (Å²) in [6.07, 6.45) is 1.86. The second kappa shape index (κ2) is 5.84. The number of hydrogen-bond acceptors (Lipinski definition) is 3. The molecule has 5 heteroatoms. The quantitative estimate of drug-likeness (QED) is 0.764. The summed E-state index contributed by atoms with van der Waals surface area (Å²) in [6.45, 7) is 5.43. The van der Waals surface area contributed by atoms with Crippen LogP contribution in [0.4, 0.5) is 0 Å². The van der Waals surface area contributed by atoms with Gasteiger partial charge < -0.3 is 20.4 Å². The number of rotatable bonds is 6. The van der Waals surface area contributed by atoms with Gasteiger partial charge in [0, 0.05) is 31.9 Å². The number of aromatic nitrogens is 1. The third kappa shape index (κ3) is 3.87. The number of nitrogens with one attached hydrogen (secondary N) is 1. The van der Waals surface area contributed by atoms with Crippen molar-refractivity contribution in [2.75, 3.05) is 20.3 Å². The van der Waals surface area contributed by atoms with Crippen molar-refractivity contribution in [2.45, 2.75) is 25.9 Å². The van der Waals surface area contributed by atoms with Crippen molar-refractivity contribution in [3.05, 3.63) is 24.0 Å². The first-order valence-electron chi connectivity index (χ1n) is 5.67. The number of nitrogens with zero attached hydrogens (tertiary/aromatic N) is 1. The minimum atomic E-state index is -0.395. The first kappa shape index (κ1) is 13.7. The average Bonchev–Trinajstić information content (AvgIpc) is 2.74. The van der Waals surface area contributed by atoms with Crippen molar-refractivity contribution in [1.82, 2.24) is 9.88 Å². The smallest absolute Gasteiger partial charge is 0.268 e. The van der Waals surface area contributed by atoms with E-state index in [0.717, 1.165) is 0 Å². The van der Waals surface area contributed by atoms with Gasteiger partial charge in [-0.15, -0.1) is 0 Å². The van der Waals surface area contributed by atoms with Gasteiger partial charge in [-0.1, -0.05) is 0 Å². The molecule has 0 unspecified atom stereocenters. The van der Waals surface area contributed by atoms with Gasteiger partial charge >= 0.3 is 0 Å². The van der Waals surface area contributed by atoms with E-state index < -0.39 is 5.54 Å². The van der Waals surface area contributed by atoms with Crippen molar-refractivity contribution in [3.8, 4) is 0 Å². The molecule has 0 aromatic carbocycles. The van der Waals surface area contributed by atoms with E-state index in [1.165, 1.54) is 0 Å². The molecule has 1 heterocycles. The van der Waals surface area contributed by atoms with Crippen LogP contribution in [0.5, 0.6) is 0 Å². The molecule has 5 nitrogen and oxygen atoms in total. The lowest BCUT2D eigenvalue weighted by Crippen LogP contribution is -2.49. The fraction of sp³-hybridized carbons (Fsp3) is 0.583. The first-order chi connectivity index (χ1) is 8.00. The van der Waals surface area contributed by atoms with Gasteiger partial charge in [-0.3, -0.25) is 4.79 Å². The number of hydrogen-bond donors (Lipinski definition) is 2. The number of ether oxygens (including phenoxy) is 1. The van der Waals surface area contributed by atoms with Crippen LogP contribution in [0.2, 0.25) is 0 Å². The third-order valence-electron chi connectivity index (χ3n) is 2.56. The Bertz CT molecular complexity index is 372. The average molecular weight is 239 g/mol. The van der Waals surface area contributed by atoms with E-state index in [-0.39, 0.29) is 5.91 Å². The normalized spacial score (nSPS) is 11.5. The van der Waals surface area contributed by atoms with Crippen molar-refractivity contribution in [3.63, 3.8) is 0 Å². The summed E-state index contributed by atoms with van der Waals surface area (Å²) in [5.41, 5.74) is 5.82. The molecule has 3 N–H and O–H groups in total. The Morgan fingerprint density at radius 1 is 1.59 bits per heavy atom. The van der Waals surface area contributed by atoms with E-state index >= 15 is 0 Å². The topological polar surface area (TPSA) is 69.3 Å². The van der Waals surface area contributed by atoms with Crippen LogP contribution >= 0.6 is 0 Å². The second-order valence-electron chi connectivity index (χ2n) is 4.62. The summed E-state index contributed by atoms with van der Waals surface area (Å²) in [4.78, 5) is 12.0. The van der Waals surface area contributed by atoms with Gasteiger partial charge in [0.15, 0.2) is 0 Å². The summed E-state index contributed by atoms with van der Waals surface area (Å²) in [5, 5.41) is 2.90. The standard InChI is InChI=1S/C12H21N3O2/c1-12(2,9-13)14-11(16)10-5-4-6-15(10)7-8-17-3/h4-6H,7-9,13H2,1-3H3,(H,14,16). The molecule has 1 rings (SSSR count). The fourth-order valence-electron chi connectivity index (χ4n) is 1.43. The van der Waals surface area contributed by atoms with Crippen LogP contribution in [-0.2, 0) is 11.3 Å². The highest BCUT2D eigenvalue weighted by Crippen LogP contribution is 2.06. The number of carbonyl (C=O) groups excluding carboxylic acids is 1. The molecule has 0 atom stereocenters. The van der Waals surface area contributed by atoms with Crippen LogP contribution in [0.25, 0.3) is 0 Å². The minimum absolute atomic E-state index is 0.110. The maximum Gasteiger partial charge on any atom is 0.268 e. The molecular weight excluding hydrogens is 218 g/mol. The molecule has 17 heavy (non-hydrogen) atoms. The first-order valence-corrected chi connectivity index (χ1v) is 5.67. The van der Waals surface area contributed by atoms with Crippen LogP contribution in [-0.4, -0.2) is 36.3 Å². The van der Waals surface area contributed by atoms with Crippen molar-refractivity contribution in [1.29, 1.82) is 0 Å². The Hall–Kier alpha value is -1.33. The highest BCUT2D eigenvalue weighted by atomic mass is 16.5. The van der Waals surface area contributed by atoms with E-state index in [0.29, 0.717) is 25.4 Å². The Balaban J connectivity index is 2.72. The molecule has 0 aliphatic carbocycles. The molecule has 0 saturated heterocycles. The fourth-order valence-corrected chi connectivity index (χ4v) is 1.43. The Kier molecular flexibility index (Phi) is 4.72. The monoisotopic (exact) mass is 239 g/mol. The van der Waals surface area contributed by atoms with E-state index in [9.17, 15) is 4.79 Å². The minimum Gasteiger partial charge on any atom is -0.383 e. The third-order valence-corrected chi connectivity index (χ3v) is 2.56. The predicted molar refractivity (Wildman–Crippen MR) is 66.9 cm³/mol. The van der Waals surface area contributed by atoms with E-state index in [1.54, 1.807) is 13.2 Å². The molecule has 96 valence electrons. The maximum absolute atomic E-state index is 12.0. The van der Waals surface area contributed by atoms with Gasteiger partial charge in [-0.2, -0.15) is 0 Å². The number of methoxy groups -OCH3 is 1. The molecule has 0 aliphatic heterocycles. The zero-order valence-corrected chi connectivity index (χ0v) is 10.7. The molecule has 0 radical (unpaired) electrons. The van der Waals surface area contributed by atoms with Crippen LogP contribution in [0.15, 0.2) is 18.3 Å². The molecular formula is C12H21N3O2. The molecule has 0 spiro atoms. The number of amides is 1. The van der Waals surface area contributed by atoms with Crippen LogP contribution in [0.1, 0.15) is 24.3 Å². The van der Waals surface area contributed by atoms with Crippen molar-refractivity contribution in [2.24, 2.45) is 5.73 Å². The van der Waals surface area contributed by atoms with Crippen molar-refractivity contribution >= 4 is 5.91 Å². The molecule has 0 fully saturated rings. The zero-order chi connectivity index (χ0) is 12.9. The summed E-state index contributed by atoms with van der Waals surface area (Å²) >= 11 is 0. The number of nitrogens with two attached hydrogens (primary N) is 1. The van der Waals surface area contributed by atoms with Gasteiger partial charge in [-0.05, 0) is 26.0 Å². The predicted octanol–water partition coefficient (Wildman–Crippen LogP) is 0.602. The van der Waals surface area contributed by atoms with E-state index in [4.69, 9.17) is 10.5 Å². The molecule has 0 aliphatic rings. The Morgan fingerprint density at radius 3 is 2.88 bits per heavy atom. The lowest BCUT2D eigenvalue weighted by Gasteiger charge is -2.24. The lowest BCUT2D eigenvalue weighted by molar-refractivity contribution is 0.0903. The van der Waals surface area contributed by atoms with Gasteiger partial charge in [0.2, 0.25) is 0 Å². The second-order valence-corrected chi connectivity index (χ2v) is 4.62. The summed E-state index contributed by atoms with van der Waals surface area (Å²) in [7, 11) is 1.64. The SMILES string of the molecule is COCCn1cccc1C(=O)NC(C)(C)CN. The zero-order valence-electron chi connectivity index (χ0n) is 10.7. The van der Waals surface area contributed by atoms with Gasteiger partial charge in [0.05, 0.1) is 6.61 Å². The van der Waals surface area contributed by atoms with Crippen LogP contribution in [0, 0.1) is 0 Å². The summed E-state index contributed by atoms with van der Waals surface area (Å²) in [6, 6.07) is 3.64. The van der Waals surface area contributed by atoms with Crippen LogP contribution in [0.3, 0.4) is 0 Å². The molecule has 0 saturated carbocycles. The molecule has 1 amide bonds. The lowest BCUT2D eigenvalue weighted by atomic mass is 10.1. The van der Waals surface area contributed by atoms with Gasteiger partial charge in [0.1, 0.15) is 5.69 Å². The number of carbonyl (C=O) groups is 1. The molecule has 1 aromatic heterocycles. The largest absolute Gasteiger partial charge is 0.383 e. The van der Waals surface area contributed by atoms with Crippen molar-refractivity contribution < 1.29 is 9.53 Å². The maximum atomic E-state index is 12.0. The Labute approximate surface area is 102 Å². The van der Waals surface area contributed by atoms with E-state index in [1.807, 2.05) is 30.7 Å². The Morgan fingerprint density at radius 2 is 2.29 bits per heavy atom. The van der Waals surface area contributed by atoms with Gasteiger partial charge in [0.25, 0.3) is 5.91 Å². The highest BCUT2D eigenvalue weighted by Gasteiger charge is 2.20. The molecule has 1 aromatic rings.